The summed E-state index contributed by atoms with van der Waals surface area (Å²) in [6.07, 6.45) is 1.91. The molecule has 1 atom stereocenters. The van der Waals surface area contributed by atoms with Crippen LogP contribution in [0.25, 0.3) is 0 Å². The Morgan fingerprint density at radius 1 is 1.26 bits per heavy atom. The molecule has 1 unspecified atom stereocenters. The van der Waals surface area contributed by atoms with E-state index in [2.05, 4.69) is 5.32 Å². The summed E-state index contributed by atoms with van der Waals surface area (Å²) in [4.78, 5) is 11.6. The molecule has 2 aromatic carbocycles. The number of rotatable bonds is 10. The fourth-order valence-electron chi connectivity index (χ4n) is 2.81. The monoisotopic (exact) mass is 389 g/mol. The van der Waals surface area contributed by atoms with Gasteiger partial charge in [-0.05, 0) is 67.3 Å². The lowest BCUT2D eigenvalue weighted by Crippen LogP contribution is -2.17. The van der Waals surface area contributed by atoms with E-state index < -0.39 is 12.1 Å². The largest absolute Gasteiger partial charge is 0.493 e. The fourth-order valence-corrected chi connectivity index (χ4v) is 3.01. The third-order valence-corrected chi connectivity index (χ3v) is 4.68. The van der Waals surface area contributed by atoms with Crippen molar-refractivity contribution in [2.45, 2.75) is 18.9 Å². The van der Waals surface area contributed by atoms with Crippen molar-refractivity contribution in [2.24, 2.45) is 5.92 Å². The Kier molecular flexibility index (Phi) is 6.72. The molecule has 1 aliphatic carbocycles. The topological polar surface area (TPSA) is 67.8 Å². The molecular weight excluding hydrogens is 366 g/mol. The highest BCUT2D eigenvalue weighted by Gasteiger charge is 2.23. The summed E-state index contributed by atoms with van der Waals surface area (Å²) < 4.78 is 11.9. The first kappa shape index (κ1) is 19.7. The first-order valence-corrected chi connectivity index (χ1v) is 9.47. The molecule has 3 rings (SSSR count). The molecule has 6 heteroatoms. The highest BCUT2D eigenvalue weighted by atomic mass is 35.5. The lowest BCUT2D eigenvalue weighted by atomic mass is 9.99. The minimum atomic E-state index is -0.992. The Hall–Kier alpha value is -2.08. The molecule has 2 N–H and O–H groups in total. The van der Waals surface area contributed by atoms with E-state index in [1.807, 2.05) is 31.3 Å². The Morgan fingerprint density at radius 3 is 2.74 bits per heavy atom. The van der Waals surface area contributed by atoms with Crippen molar-refractivity contribution in [1.82, 2.24) is 5.32 Å². The molecule has 144 valence electrons. The average molecular weight is 390 g/mol. The predicted octanol–water partition coefficient (Wildman–Crippen LogP) is 4.15. The van der Waals surface area contributed by atoms with Crippen LogP contribution >= 0.6 is 11.6 Å². The van der Waals surface area contributed by atoms with Gasteiger partial charge in [-0.3, -0.25) is 0 Å². The second-order valence-corrected chi connectivity index (χ2v) is 7.20. The van der Waals surface area contributed by atoms with E-state index in [-0.39, 0.29) is 5.56 Å². The van der Waals surface area contributed by atoms with Gasteiger partial charge in [0.15, 0.2) is 0 Å². The van der Waals surface area contributed by atoms with Crippen LogP contribution in [0.5, 0.6) is 5.75 Å². The second kappa shape index (κ2) is 9.22. The third-order valence-electron chi connectivity index (χ3n) is 4.45. The van der Waals surface area contributed by atoms with E-state index in [0.717, 1.165) is 11.1 Å². The summed E-state index contributed by atoms with van der Waals surface area (Å²) in [5.41, 5.74) is 1.79. The van der Waals surface area contributed by atoms with Gasteiger partial charge in [-0.2, -0.15) is 0 Å². The summed E-state index contributed by atoms with van der Waals surface area (Å²) in [7, 11) is 1.85. The number of likely N-dealkylation sites (N-methyl/N-ethyl adjacent to an activating group) is 1. The second-order valence-electron chi connectivity index (χ2n) is 6.76. The van der Waals surface area contributed by atoms with Crippen LogP contribution in [0.4, 0.5) is 0 Å². The summed E-state index contributed by atoms with van der Waals surface area (Å²) in [5.74, 6) is 0.145. The predicted molar refractivity (Wildman–Crippen MR) is 105 cm³/mol. The van der Waals surface area contributed by atoms with Crippen LogP contribution in [-0.4, -0.2) is 37.9 Å². The van der Waals surface area contributed by atoms with E-state index in [1.54, 1.807) is 18.2 Å². The highest BCUT2D eigenvalue weighted by Crippen LogP contribution is 2.33. The van der Waals surface area contributed by atoms with Gasteiger partial charge >= 0.3 is 5.97 Å². The van der Waals surface area contributed by atoms with Crippen LogP contribution in [0.15, 0.2) is 42.5 Å². The van der Waals surface area contributed by atoms with Gasteiger partial charge in [0.1, 0.15) is 11.9 Å². The summed E-state index contributed by atoms with van der Waals surface area (Å²) >= 11 is 6.16. The molecule has 0 heterocycles. The van der Waals surface area contributed by atoms with Crippen molar-refractivity contribution in [1.29, 1.82) is 0 Å². The molecule has 0 aliphatic heterocycles. The van der Waals surface area contributed by atoms with Crippen molar-refractivity contribution in [3.63, 3.8) is 0 Å². The molecule has 0 radical (unpaired) electrons. The van der Waals surface area contributed by atoms with Crippen LogP contribution in [0.1, 0.15) is 40.4 Å². The van der Waals surface area contributed by atoms with Crippen molar-refractivity contribution in [3.8, 4) is 5.75 Å². The number of benzene rings is 2. The molecule has 0 saturated heterocycles. The molecule has 2 aromatic rings. The molecule has 0 bridgehead atoms. The van der Waals surface area contributed by atoms with Gasteiger partial charge in [0.05, 0.1) is 18.8 Å². The molecule has 1 aliphatic rings. The number of hydrogen-bond acceptors (Lipinski definition) is 4. The summed E-state index contributed by atoms with van der Waals surface area (Å²) in [6.45, 7) is 1.77. The normalized spacial score (nSPS) is 14.7. The van der Waals surface area contributed by atoms with Crippen molar-refractivity contribution in [2.75, 3.05) is 26.8 Å². The Morgan fingerprint density at radius 2 is 2.07 bits per heavy atom. The maximum Gasteiger partial charge on any atom is 0.335 e. The first-order chi connectivity index (χ1) is 13.1. The molecular formula is C21H24ClNO4. The van der Waals surface area contributed by atoms with Gasteiger partial charge in [0.25, 0.3) is 0 Å². The number of nitrogens with one attached hydrogen (secondary N) is 1. The molecule has 0 spiro atoms. The quantitative estimate of drug-likeness (QED) is 0.597. The maximum absolute atomic E-state index is 11.6. The first-order valence-electron chi connectivity index (χ1n) is 9.09. The van der Waals surface area contributed by atoms with E-state index in [1.165, 1.54) is 12.8 Å². The lowest BCUT2D eigenvalue weighted by molar-refractivity contribution is 0.0693. The van der Waals surface area contributed by atoms with Gasteiger partial charge in [-0.25, -0.2) is 4.79 Å². The van der Waals surface area contributed by atoms with Crippen LogP contribution in [0.2, 0.25) is 5.02 Å². The van der Waals surface area contributed by atoms with Crippen molar-refractivity contribution >= 4 is 17.6 Å². The number of carboxylic acids is 1. The van der Waals surface area contributed by atoms with Crippen LogP contribution < -0.4 is 10.1 Å². The molecule has 5 nitrogen and oxygen atoms in total. The van der Waals surface area contributed by atoms with Gasteiger partial charge in [-0.1, -0.05) is 23.7 Å². The van der Waals surface area contributed by atoms with E-state index in [4.69, 9.17) is 21.1 Å². The van der Waals surface area contributed by atoms with E-state index >= 15 is 0 Å². The number of ether oxygens (including phenoxy) is 2. The number of halogens is 1. The van der Waals surface area contributed by atoms with E-state index in [0.29, 0.717) is 36.4 Å². The zero-order chi connectivity index (χ0) is 19.2. The highest BCUT2D eigenvalue weighted by molar-refractivity contribution is 6.30. The Bertz CT molecular complexity index is 792. The lowest BCUT2D eigenvalue weighted by Gasteiger charge is -2.21. The SMILES string of the molecule is CNCCOC(c1cccc(Cl)c1)c1cc(OCC2CC2)cc(C(=O)O)c1. The molecule has 1 fully saturated rings. The Balaban J connectivity index is 1.93. The molecule has 0 aromatic heterocycles. The van der Waals surface area contributed by atoms with Gasteiger partial charge < -0.3 is 19.9 Å². The number of carbonyl (C=O) groups is 1. The van der Waals surface area contributed by atoms with Crippen molar-refractivity contribution < 1.29 is 19.4 Å². The van der Waals surface area contributed by atoms with Crippen molar-refractivity contribution in [3.05, 3.63) is 64.2 Å². The van der Waals surface area contributed by atoms with Crippen LogP contribution in [-0.2, 0) is 4.74 Å². The smallest absolute Gasteiger partial charge is 0.335 e. The van der Waals surface area contributed by atoms with Crippen LogP contribution in [0, 0.1) is 5.92 Å². The molecule has 27 heavy (non-hydrogen) atoms. The van der Waals surface area contributed by atoms with Crippen LogP contribution in [0.3, 0.4) is 0 Å². The number of carboxylic acid groups (broad SMARTS) is 1. The molecule has 0 amide bonds. The Labute approximate surface area is 164 Å². The summed E-state index contributed by atoms with van der Waals surface area (Å²) in [5, 5.41) is 13.2. The number of hydrogen-bond donors (Lipinski definition) is 2. The minimum Gasteiger partial charge on any atom is -0.493 e. The zero-order valence-corrected chi connectivity index (χ0v) is 16.0. The maximum atomic E-state index is 11.6. The summed E-state index contributed by atoms with van der Waals surface area (Å²) in [6, 6.07) is 12.5. The minimum absolute atomic E-state index is 0.183. The van der Waals surface area contributed by atoms with Gasteiger partial charge in [-0.15, -0.1) is 0 Å². The fraction of sp³-hybridized carbons (Fsp3) is 0.381. The van der Waals surface area contributed by atoms with Gasteiger partial charge in [0, 0.05) is 11.6 Å². The standard InChI is InChI=1S/C21H24ClNO4/c1-23-7-8-26-20(15-3-2-4-18(22)10-15)16-9-17(21(24)25)12-19(11-16)27-13-14-5-6-14/h2-4,9-12,14,20,23H,5-8,13H2,1H3,(H,24,25). The number of aromatic carboxylic acids is 1. The molecule has 1 saturated carbocycles. The average Bonchev–Trinajstić information content (AvgIpc) is 3.48. The zero-order valence-electron chi connectivity index (χ0n) is 15.3. The van der Waals surface area contributed by atoms with E-state index in [9.17, 15) is 9.90 Å². The third kappa shape index (κ3) is 5.70. The van der Waals surface area contributed by atoms with Gasteiger partial charge in [0.2, 0.25) is 0 Å².